The summed E-state index contributed by atoms with van der Waals surface area (Å²) in [7, 11) is 0. The van der Waals surface area contributed by atoms with E-state index in [-0.39, 0.29) is 0 Å². The predicted molar refractivity (Wildman–Crippen MR) is 82.7 cm³/mol. The van der Waals surface area contributed by atoms with Gasteiger partial charge in [0.05, 0.1) is 0 Å². The summed E-state index contributed by atoms with van der Waals surface area (Å²) < 4.78 is 0. The molecule has 0 radical (unpaired) electrons. The average Bonchev–Trinajstić information content (AvgIpc) is 2.84. The number of hydrogen-bond donors (Lipinski definition) is 1. The van der Waals surface area contributed by atoms with Gasteiger partial charge in [0.25, 0.3) is 0 Å². The predicted octanol–water partition coefficient (Wildman–Crippen LogP) is 1.71. The van der Waals surface area contributed by atoms with E-state index in [1.54, 1.807) is 0 Å². The second-order valence-corrected chi connectivity index (χ2v) is 6.57. The number of rotatable bonds is 6. The molecule has 2 unspecified atom stereocenters. The quantitative estimate of drug-likeness (QED) is 0.805. The van der Waals surface area contributed by atoms with Gasteiger partial charge in [-0.1, -0.05) is 6.92 Å². The molecule has 2 atom stereocenters. The Morgan fingerprint density at radius 1 is 1.25 bits per heavy atom. The molecule has 0 aromatic rings. The Bertz CT molecular complexity index is 313. The zero-order chi connectivity index (χ0) is 14.5. The Hall–Kier alpha value is -0.610. The van der Waals surface area contributed by atoms with Crippen LogP contribution < -0.4 is 5.32 Å². The second-order valence-electron chi connectivity index (χ2n) is 6.57. The number of amides is 1. The largest absolute Gasteiger partial charge is 0.341 e. The molecule has 4 nitrogen and oxygen atoms in total. The van der Waals surface area contributed by atoms with Crippen LogP contribution in [0.4, 0.5) is 0 Å². The number of carbonyl (C=O) groups excluding carboxylic acids is 1. The maximum atomic E-state index is 11.7. The zero-order valence-electron chi connectivity index (χ0n) is 13.4. The van der Waals surface area contributed by atoms with Gasteiger partial charge in [0.15, 0.2) is 0 Å². The molecule has 2 rings (SSSR count). The van der Waals surface area contributed by atoms with Crippen molar-refractivity contribution in [3.05, 3.63) is 0 Å². The molecule has 0 spiro atoms. The molecule has 2 heterocycles. The number of nitrogens with one attached hydrogen (secondary N) is 1. The molecule has 0 bridgehead atoms. The van der Waals surface area contributed by atoms with Gasteiger partial charge < -0.3 is 15.1 Å². The topological polar surface area (TPSA) is 35.6 Å². The SMILES string of the molecule is CCN1CCC(C(C)NC(C)CN2CCCC2=O)CC1. The Labute approximate surface area is 123 Å². The van der Waals surface area contributed by atoms with E-state index in [9.17, 15) is 4.79 Å². The van der Waals surface area contributed by atoms with Gasteiger partial charge in [-0.3, -0.25) is 4.79 Å². The van der Waals surface area contributed by atoms with Crippen molar-refractivity contribution >= 4 is 5.91 Å². The minimum Gasteiger partial charge on any atom is -0.341 e. The Balaban J connectivity index is 1.70. The second kappa shape index (κ2) is 7.41. The minimum atomic E-state index is 0.336. The standard InChI is InChI=1S/C16H31N3O/c1-4-18-10-7-15(8-11-18)14(3)17-13(2)12-19-9-5-6-16(19)20/h13-15,17H,4-12H2,1-3H3. The monoisotopic (exact) mass is 281 g/mol. The van der Waals surface area contributed by atoms with E-state index in [0.29, 0.717) is 18.0 Å². The summed E-state index contributed by atoms with van der Waals surface area (Å²) in [5.74, 6) is 1.12. The van der Waals surface area contributed by atoms with E-state index in [4.69, 9.17) is 0 Å². The molecule has 1 N–H and O–H groups in total. The van der Waals surface area contributed by atoms with Crippen LogP contribution in [0.2, 0.25) is 0 Å². The number of nitrogens with zero attached hydrogens (tertiary/aromatic N) is 2. The first kappa shape index (κ1) is 15.8. The lowest BCUT2D eigenvalue weighted by atomic mass is 9.90. The number of hydrogen-bond acceptors (Lipinski definition) is 3. The van der Waals surface area contributed by atoms with Crippen LogP contribution in [0.1, 0.15) is 46.5 Å². The molecule has 2 aliphatic heterocycles. The maximum absolute atomic E-state index is 11.7. The number of carbonyl (C=O) groups is 1. The van der Waals surface area contributed by atoms with Crippen molar-refractivity contribution in [1.29, 1.82) is 0 Å². The zero-order valence-corrected chi connectivity index (χ0v) is 13.4. The molecule has 20 heavy (non-hydrogen) atoms. The summed E-state index contributed by atoms with van der Waals surface area (Å²) in [5, 5.41) is 3.72. The highest BCUT2D eigenvalue weighted by Crippen LogP contribution is 2.21. The minimum absolute atomic E-state index is 0.336. The van der Waals surface area contributed by atoms with Gasteiger partial charge in [-0.15, -0.1) is 0 Å². The average molecular weight is 281 g/mol. The van der Waals surface area contributed by atoms with Crippen LogP contribution in [0.25, 0.3) is 0 Å². The van der Waals surface area contributed by atoms with Crippen molar-refractivity contribution in [3.8, 4) is 0 Å². The molecule has 2 fully saturated rings. The van der Waals surface area contributed by atoms with E-state index >= 15 is 0 Å². The van der Waals surface area contributed by atoms with Crippen molar-refractivity contribution in [2.24, 2.45) is 5.92 Å². The molecule has 2 aliphatic rings. The third kappa shape index (κ3) is 4.19. The van der Waals surface area contributed by atoms with Gasteiger partial charge in [-0.05, 0) is 58.7 Å². The van der Waals surface area contributed by atoms with E-state index in [1.807, 2.05) is 4.90 Å². The third-order valence-corrected chi connectivity index (χ3v) is 5.00. The molecule has 1 amide bonds. The first-order valence-electron chi connectivity index (χ1n) is 8.36. The van der Waals surface area contributed by atoms with Crippen LogP contribution >= 0.6 is 0 Å². The normalized spacial score (nSPS) is 25.1. The fourth-order valence-electron chi connectivity index (χ4n) is 3.63. The van der Waals surface area contributed by atoms with E-state index in [0.717, 1.165) is 31.8 Å². The highest BCUT2D eigenvalue weighted by atomic mass is 16.2. The van der Waals surface area contributed by atoms with Gasteiger partial charge in [0.2, 0.25) is 5.91 Å². The van der Waals surface area contributed by atoms with Crippen molar-refractivity contribution in [3.63, 3.8) is 0 Å². The first-order chi connectivity index (χ1) is 9.60. The van der Waals surface area contributed by atoms with Gasteiger partial charge in [0, 0.05) is 31.6 Å². The summed E-state index contributed by atoms with van der Waals surface area (Å²) in [6, 6.07) is 0.956. The highest BCUT2D eigenvalue weighted by molar-refractivity contribution is 5.78. The number of piperidine rings is 1. The molecule has 4 heteroatoms. The molecular weight excluding hydrogens is 250 g/mol. The summed E-state index contributed by atoms with van der Waals surface area (Å²) in [6.07, 6.45) is 4.39. The fraction of sp³-hybridized carbons (Fsp3) is 0.938. The molecule has 116 valence electrons. The van der Waals surface area contributed by atoms with Crippen LogP contribution in [0.3, 0.4) is 0 Å². The highest BCUT2D eigenvalue weighted by Gasteiger charge is 2.26. The smallest absolute Gasteiger partial charge is 0.222 e. The molecule has 0 aromatic heterocycles. The van der Waals surface area contributed by atoms with Crippen LogP contribution in [0.5, 0.6) is 0 Å². The first-order valence-corrected chi connectivity index (χ1v) is 8.36. The fourth-order valence-corrected chi connectivity index (χ4v) is 3.63. The lowest BCUT2D eigenvalue weighted by Gasteiger charge is -2.36. The summed E-state index contributed by atoms with van der Waals surface area (Å²) in [4.78, 5) is 16.2. The van der Waals surface area contributed by atoms with Crippen molar-refractivity contribution in [2.75, 3.05) is 32.7 Å². The van der Waals surface area contributed by atoms with Crippen molar-refractivity contribution in [1.82, 2.24) is 15.1 Å². The molecular formula is C16H31N3O. The van der Waals surface area contributed by atoms with Crippen LogP contribution in [-0.2, 0) is 4.79 Å². The molecule has 0 aromatic carbocycles. The van der Waals surface area contributed by atoms with Gasteiger partial charge in [-0.2, -0.15) is 0 Å². The van der Waals surface area contributed by atoms with Crippen molar-refractivity contribution in [2.45, 2.75) is 58.5 Å². The Morgan fingerprint density at radius 3 is 2.50 bits per heavy atom. The van der Waals surface area contributed by atoms with Crippen LogP contribution in [0, 0.1) is 5.92 Å². The summed E-state index contributed by atoms with van der Waals surface area (Å²) >= 11 is 0. The molecule has 0 aliphatic carbocycles. The van der Waals surface area contributed by atoms with Crippen LogP contribution in [-0.4, -0.2) is 60.5 Å². The third-order valence-electron chi connectivity index (χ3n) is 5.00. The summed E-state index contributed by atoms with van der Waals surface area (Å²) in [5.41, 5.74) is 0. The number of likely N-dealkylation sites (tertiary alicyclic amines) is 2. The maximum Gasteiger partial charge on any atom is 0.222 e. The summed E-state index contributed by atoms with van der Waals surface area (Å²) in [6.45, 7) is 12.3. The van der Waals surface area contributed by atoms with E-state index in [2.05, 4.69) is 31.0 Å². The van der Waals surface area contributed by atoms with E-state index < -0.39 is 0 Å². The molecule has 0 saturated carbocycles. The van der Waals surface area contributed by atoms with Gasteiger partial charge in [0.1, 0.15) is 0 Å². The Morgan fingerprint density at radius 2 is 1.95 bits per heavy atom. The van der Waals surface area contributed by atoms with E-state index in [1.165, 1.54) is 32.5 Å². The van der Waals surface area contributed by atoms with Crippen LogP contribution in [0.15, 0.2) is 0 Å². The van der Waals surface area contributed by atoms with Gasteiger partial charge in [-0.25, -0.2) is 0 Å². The Kier molecular flexibility index (Phi) is 5.85. The van der Waals surface area contributed by atoms with Crippen molar-refractivity contribution < 1.29 is 4.79 Å². The lowest BCUT2D eigenvalue weighted by Crippen LogP contribution is -2.48. The lowest BCUT2D eigenvalue weighted by molar-refractivity contribution is -0.128. The molecule has 2 saturated heterocycles. The van der Waals surface area contributed by atoms with Gasteiger partial charge >= 0.3 is 0 Å².